The maximum absolute atomic E-state index is 12.1. The first kappa shape index (κ1) is 13.4. The first-order valence-electron chi connectivity index (χ1n) is 5.89. The number of benzene rings is 1. The zero-order valence-corrected chi connectivity index (χ0v) is 11.4. The number of thiazole rings is 1. The van der Waals surface area contributed by atoms with Crippen molar-refractivity contribution in [3.8, 4) is 5.75 Å². The second-order valence-corrected chi connectivity index (χ2v) is 4.78. The molecule has 3 N–H and O–H groups in total. The third-order valence-corrected chi connectivity index (χ3v) is 3.27. The van der Waals surface area contributed by atoms with Crippen molar-refractivity contribution in [3.05, 3.63) is 40.3 Å². The number of hydrogen-bond acceptors (Lipinski definition) is 5. The van der Waals surface area contributed by atoms with Crippen LogP contribution in [0.5, 0.6) is 5.75 Å². The molecule has 0 atom stereocenters. The molecular formula is C13H15N3O2S. The molecule has 1 heterocycles. The maximum Gasteiger partial charge on any atom is 0.255 e. The van der Waals surface area contributed by atoms with Crippen molar-refractivity contribution < 1.29 is 9.53 Å². The number of nitrogens with two attached hydrogens (primary N) is 1. The van der Waals surface area contributed by atoms with E-state index in [0.29, 0.717) is 30.2 Å². The summed E-state index contributed by atoms with van der Waals surface area (Å²) in [5.41, 5.74) is 8.47. The van der Waals surface area contributed by atoms with Crippen molar-refractivity contribution in [1.82, 2.24) is 10.3 Å². The standard InChI is InChI=1S/C13H15N3O2S/c1-2-18-12-10(4-3-5-11(12)14)13(17)16-7-9-6-15-8-19-9/h3-6,8H,2,7,14H2,1H3,(H,16,17). The second kappa shape index (κ2) is 6.19. The van der Waals surface area contributed by atoms with E-state index in [9.17, 15) is 4.79 Å². The monoisotopic (exact) mass is 277 g/mol. The topological polar surface area (TPSA) is 77.2 Å². The predicted molar refractivity (Wildman–Crippen MR) is 75.3 cm³/mol. The van der Waals surface area contributed by atoms with Crippen LogP contribution in [0.3, 0.4) is 0 Å². The molecule has 0 aliphatic heterocycles. The number of amides is 1. The zero-order chi connectivity index (χ0) is 13.7. The van der Waals surface area contributed by atoms with Crippen molar-refractivity contribution in [2.75, 3.05) is 12.3 Å². The molecule has 1 aromatic carbocycles. The van der Waals surface area contributed by atoms with E-state index in [4.69, 9.17) is 10.5 Å². The van der Waals surface area contributed by atoms with E-state index in [1.165, 1.54) is 11.3 Å². The van der Waals surface area contributed by atoms with E-state index >= 15 is 0 Å². The van der Waals surface area contributed by atoms with Gasteiger partial charge in [-0.1, -0.05) is 6.07 Å². The van der Waals surface area contributed by atoms with E-state index in [2.05, 4.69) is 10.3 Å². The summed E-state index contributed by atoms with van der Waals surface area (Å²) in [7, 11) is 0. The highest BCUT2D eigenvalue weighted by molar-refractivity contribution is 7.09. The average Bonchev–Trinajstić information content (AvgIpc) is 2.92. The molecule has 0 unspecified atom stereocenters. The van der Waals surface area contributed by atoms with Crippen LogP contribution in [0.4, 0.5) is 5.69 Å². The molecule has 2 rings (SSSR count). The fourth-order valence-corrected chi connectivity index (χ4v) is 2.17. The average molecular weight is 277 g/mol. The van der Waals surface area contributed by atoms with Crippen LogP contribution in [0.15, 0.2) is 29.9 Å². The Bertz CT molecular complexity index is 555. The van der Waals surface area contributed by atoms with E-state index in [1.54, 1.807) is 29.9 Å². The summed E-state index contributed by atoms with van der Waals surface area (Å²) in [5, 5.41) is 2.82. The molecule has 19 heavy (non-hydrogen) atoms. The number of nitrogen functional groups attached to an aromatic ring is 1. The molecule has 0 aliphatic rings. The molecule has 1 aromatic heterocycles. The van der Waals surface area contributed by atoms with E-state index in [1.807, 2.05) is 6.92 Å². The molecule has 0 radical (unpaired) electrons. The number of para-hydroxylation sites is 1. The van der Waals surface area contributed by atoms with Crippen LogP contribution in [-0.2, 0) is 6.54 Å². The summed E-state index contributed by atoms with van der Waals surface area (Å²) in [4.78, 5) is 17.1. The summed E-state index contributed by atoms with van der Waals surface area (Å²) >= 11 is 1.50. The zero-order valence-electron chi connectivity index (χ0n) is 10.6. The van der Waals surface area contributed by atoms with Gasteiger partial charge in [-0.05, 0) is 19.1 Å². The Morgan fingerprint density at radius 3 is 3.05 bits per heavy atom. The Morgan fingerprint density at radius 2 is 2.37 bits per heavy atom. The third kappa shape index (κ3) is 3.23. The van der Waals surface area contributed by atoms with Gasteiger partial charge >= 0.3 is 0 Å². The number of hydrogen-bond donors (Lipinski definition) is 2. The van der Waals surface area contributed by atoms with Gasteiger partial charge in [0.2, 0.25) is 0 Å². The number of rotatable bonds is 5. The minimum absolute atomic E-state index is 0.204. The van der Waals surface area contributed by atoms with Crippen LogP contribution in [0.2, 0.25) is 0 Å². The molecule has 0 saturated heterocycles. The fraction of sp³-hybridized carbons (Fsp3) is 0.231. The van der Waals surface area contributed by atoms with Gasteiger partial charge in [-0.15, -0.1) is 11.3 Å². The van der Waals surface area contributed by atoms with Gasteiger partial charge in [-0.3, -0.25) is 9.78 Å². The van der Waals surface area contributed by atoms with Gasteiger partial charge in [-0.2, -0.15) is 0 Å². The van der Waals surface area contributed by atoms with Crippen molar-refractivity contribution in [2.45, 2.75) is 13.5 Å². The Balaban J connectivity index is 2.12. The van der Waals surface area contributed by atoms with Crippen LogP contribution in [0.25, 0.3) is 0 Å². The van der Waals surface area contributed by atoms with Crippen LogP contribution in [0.1, 0.15) is 22.2 Å². The first-order chi connectivity index (χ1) is 9.22. The van der Waals surface area contributed by atoms with Gasteiger partial charge in [0.05, 0.1) is 29.9 Å². The molecule has 1 amide bonds. The Hall–Kier alpha value is -2.08. The minimum atomic E-state index is -0.204. The van der Waals surface area contributed by atoms with Gasteiger partial charge < -0.3 is 15.8 Å². The van der Waals surface area contributed by atoms with Gasteiger partial charge in [0.1, 0.15) is 0 Å². The number of carbonyl (C=O) groups is 1. The van der Waals surface area contributed by atoms with Crippen LogP contribution >= 0.6 is 11.3 Å². The molecule has 0 aliphatic carbocycles. The van der Waals surface area contributed by atoms with Crippen molar-refractivity contribution in [2.24, 2.45) is 0 Å². The summed E-state index contributed by atoms with van der Waals surface area (Å²) in [5.74, 6) is 0.232. The molecular weight excluding hydrogens is 262 g/mol. The largest absolute Gasteiger partial charge is 0.491 e. The fourth-order valence-electron chi connectivity index (χ4n) is 1.63. The maximum atomic E-state index is 12.1. The smallest absolute Gasteiger partial charge is 0.255 e. The lowest BCUT2D eigenvalue weighted by Crippen LogP contribution is -2.23. The van der Waals surface area contributed by atoms with E-state index in [-0.39, 0.29) is 5.91 Å². The molecule has 6 heteroatoms. The lowest BCUT2D eigenvalue weighted by Gasteiger charge is -2.12. The number of carbonyl (C=O) groups excluding carboxylic acids is 1. The number of nitrogens with one attached hydrogen (secondary N) is 1. The number of nitrogens with zero attached hydrogens (tertiary/aromatic N) is 1. The molecule has 0 fully saturated rings. The molecule has 100 valence electrons. The number of aromatic nitrogens is 1. The molecule has 0 saturated carbocycles. The summed E-state index contributed by atoms with van der Waals surface area (Å²) in [6.07, 6.45) is 1.73. The first-order valence-corrected chi connectivity index (χ1v) is 6.77. The predicted octanol–water partition coefficient (Wildman–Crippen LogP) is 2.05. The van der Waals surface area contributed by atoms with E-state index < -0.39 is 0 Å². The summed E-state index contributed by atoms with van der Waals surface area (Å²) in [6, 6.07) is 5.15. The van der Waals surface area contributed by atoms with Gasteiger partial charge in [0.15, 0.2) is 5.75 Å². The number of anilines is 1. The lowest BCUT2D eigenvalue weighted by atomic mass is 10.1. The summed E-state index contributed by atoms with van der Waals surface area (Å²) < 4.78 is 5.43. The van der Waals surface area contributed by atoms with Gasteiger partial charge in [0.25, 0.3) is 5.91 Å². The molecule has 2 aromatic rings. The Morgan fingerprint density at radius 1 is 1.53 bits per heavy atom. The van der Waals surface area contributed by atoms with Crippen molar-refractivity contribution >= 4 is 22.9 Å². The normalized spacial score (nSPS) is 10.2. The van der Waals surface area contributed by atoms with Gasteiger partial charge in [0, 0.05) is 11.1 Å². The highest BCUT2D eigenvalue weighted by atomic mass is 32.1. The SMILES string of the molecule is CCOc1c(N)cccc1C(=O)NCc1cncs1. The lowest BCUT2D eigenvalue weighted by molar-refractivity contribution is 0.0947. The highest BCUT2D eigenvalue weighted by Crippen LogP contribution is 2.26. The van der Waals surface area contributed by atoms with E-state index in [0.717, 1.165) is 4.88 Å². The van der Waals surface area contributed by atoms with Crippen LogP contribution < -0.4 is 15.8 Å². The molecule has 0 spiro atoms. The summed E-state index contributed by atoms with van der Waals surface area (Å²) in [6.45, 7) is 2.76. The van der Waals surface area contributed by atoms with Crippen molar-refractivity contribution in [3.63, 3.8) is 0 Å². The Labute approximate surface area is 115 Å². The third-order valence-electron chi connectivity index (χ3n) is 2.49. The second-order valence-electron chi connectivity index (χ2n) is 3.81. The minimum Gasteiger partial charge on any atom is -0.491 e. The highest BCUT2D eigenvalue weighted by Gasteiger charge is 2.14. The van der Waals surface area contributed by atoms with Crippen LogP contribution in [-0.4, -0.2) is 17.5 Å². The van der Waals surface area contributed by atoms with Gasteiger partial charge in [-0.25, -0.2) is 0 Å². The molecule has 5 nitrogen and oxygen atoms in total. The molecule has 0 bridgehead atoms. The number of ether oxygens (including phenoxy) is 1. The Kier molecular flexibility index (Phi) is 4.35. The quantitative estimate of drug-likeness (QED) is 0.820. The van der Waals surface area contributed by atoms with Crippen LogP contribution in [0, 0.1) is 0 Å². The van der Waals surface area contributed by atoms with Crippen molar-refractivity contribution in [1.29, 1.82) is 0 Å².